The largest absolute Gasteiger partial charge is 0.319 e. The molecule has 1 aliphatic carbocycles. The van der Waals surface area contributed by atoms with E-state index in [2.05, 4.69) is 17.0 Å². The third-order valence-electron chi connectivity index (χ3n) is 2.99. The highest BCUT2D eigenvalue weighted by atomic mass is 32.2. The molecule has 0 radical (unpaired) electrons. The maximum atomic E-state index is 11.4. The lowest BCUT2D eigenvalue weighted by atomic mass is 10.1. The van der Waals surface area contributed by atoms with Crippen LogP contribution in [0.4, 0.5) is 0 Å². The molecule has 0 heterocycles. The summed E-state index contributed by atoms with van der Waals surface area (Å²) in [5.41, 5.74) is 0.284. The van der Waals surface area contributed by atoms with E-state index in [1.165, 1.54) is 0 Å². The van der Waals surface area contributed by atoms with Gasteiger partial charge in [-0.05, 0) is 31.7 Å². The molecule has 84 valence electrons. The molecule has 0 aromatic rings. The third kappa shape index (κ3) is 3.55. The van der Waals surface area contributed by atoms with Crippen molar-refractivity contribution in [1.29, 1.82) is 0 Å². The molecule has 4 nitrogen and oxygen atoms in total. The first-order chi connectivity index (χ1) is 6.54. The van der Waals surface area contributed by atoms with E-state index in [9.17, 15) is 8.42 Å². The first-order valence-electron chi connectivity index (χ1n) is 5.15. The zero-order valence-electron chi connectivity index (χ0n) is 8.97. The van der Waals surface area contributed by atoms with E-state index in [1.54, 1.807) is 7.05 Å². The van der Waals surface area contributed by atoms with Crippen LogP contribution in [0.15, 0.2) is 0 Å². The number of hydrogen-bond acceptors (Lipinski definition) is 3. The van der Waals surface area contributed by atoms with Gasteiger partial charge in [0.15, 0.2) is 0 Å². The van der Waals surface area contributed by atoms with Crippen molar-refractivity contribution in [1.82, 2.24) is 10.0 Å². The summed E-state index contributed by atoms with van der Waals surface area (Å²) in [5, 5.41) is 2.83. The van der Waals surface area contributed by atoms with Gasteiger partial charge < -0.3 is 5.32 Å². The Morgan fingerprint density at radius 1 is 1.36 bits per heavy atom. The highest BCUT2D eigenvalue weighted by molar-refractivity contribution is 7.89. The fourth-order valence-electron chi connectivity index (χ4n) is 1.40. The van der Waals surface area contributed by atoms with Crippen LogP contribution < -0.4 is 10.0 Å². The lowest BCUT2D eigenvalue weighted by Gasteiger charge is -2.13. The van der Waals surface area contributed by atoms with Gasteiger partial charge in [0.1, 0.15) is 0 Å². The summed E-state index contributed by atoms with van der Waals surface area (Å²) in [4.78, 5) is 0. The van der Waals surface area contributed by atoms with Crippen LogP contribution in [0.3, 0.4) is 0 Å². The number of hydrogen-bond donors (Lipinski definition) is 2. The smallest absolute Gasteiger partial charge is 0.212 e. The Morgan fingerprint density at radius 3 is 2.43 bits per heavy atom. The summed E-state index contributed by atoms with van der Waals surface area (Å²) in [6, 6.07) is 0. The van der Waals surface area contributed by atoms with Gasteiger partial charge in [-0.25, -0.2) is 13.1 Å². The second kappa shape index (κ2) is 4.59. The SMILES string of the molecule is CCC1(CNS(=O)(=O)CCNC)CC1. The molecule has 0 unspecified atom stereocenters. The summed E-state index contributed by atoms with van der Waals surface area (Å²) >= 11 is 0. The molecule has 14 heavy (non-hydrogen) atoms. The van der Waals surface area contributed by atoms with Gasteiger partial charge in [0.2, 0.25) is 10.0 Å². The molecule has 0 saturated heterocycles. The highest BCUT2D eigenvalue weighted by Crippen LogP contribution is 2.47. The second-order valence-corrected chi connectivity index (χ2v) is 6.02. The maximum absolute atomic E-state index is 11.4. The maximum Gasteiger partial charge on any atom is 0.212 e. The van der Waals surface area contributed by atoms with Gasteiger partial charge in [0.25, 0.3) is 0 Å². The fraction of sp³-hybridized carbons (Fsp3) is 1.00. The molecule has 0 aromatic carbocycles. The van der Waals surface area contributed by atoms with E-state index in [-0.39, 0.29) is 11.2 Å². The summed E-state index contributed by atoms with van der Waals surface area (Å²) in [7, 11) is -1.31. The van der Waals surface area contributed by atoms with Crippen LogP contribution in [0.5, 0.6) is 0 Å². The minimum atomic E-state index is -3.06. The van der Waals surface area contributed by atoms with Crippen LogP contribution in [0.1, 0.15) is 26.2 Å². The van der Waals surface area contributed by atoms with Crippen molar-refractivity contribution >= 4 is 10.0 Å². The molecule has 1 aliphatic rings. The molecule has 1 saturated carbocycles. The summed E-state index contributed by atoms with van der Waals surface area (Å²) in [5.74, 6) is 0.170. The number of sulfonamides is 1. The van der Waals surface area contributed by atoms with Gasteiger partial charge in [-0.1, -0.05) is 6.92 Å². The van der Waals surface area contributed by atoms with Crippen molar-refractivity contribution in [2.24, 2.45) is 5.41 Å². The standard InChI is InChI=1S/C9H20N2O2S/c1-3-9(4-5-9)8-11-14(12,13)7-6-10-2/h10-11H,3-8H2,1-2H3. The van der Waals surface area contributed by atoms with E-state index in [1.807, 2.05) is 0 Å². The van der Waals surface area contributed by atoms with E-state index in [0.717, 1.165) is 19.3 Å². The van der Waals surface area contributed by atoms with E-state index in [4.69, 9.17) is 0 Å². The summed E-state index contributed by atoms with van der Waals surface area (Å²) in [6.07, 6.45) is 3.40. The molecule has 0 atom stereocenters. The van der Waals surface area contributed by atoms with Crippen LogP contribution in [-0.2, 0) is 10.0 Å². The third-order valence-corrected chi connectivity index (χ3v) is 4.32. The van der Waals surface area contributed by atoms with Gasteiger partial charge in [-0.3, -0.25) is 0 Å². The monoisotopic (exact) mass is 220 g/mol. The number of rotatable bonds is 7. The Bertz CT molecular complexity index is 271. The van der Waals surface area contributed by atoms with Crippen LogP contribution >= 0.6 is 0 Å². The molecule has 0 spiro atoms. The molecule has 0 aliphatic heterocycles. The Morgan fingerprint density at radius 2 is 2.00 bits per heavy atom. The lowest BCUT2D eigenvalue weighted by molar-refractivity contribution is 0.475. The Labute approximate surface area is 86.5 Å². The van der Waals surface area contributed by atoms with Crippen LogP contribution in [0.2, 0.25) is 0 Å². The Kier molecular flexibility index (Phi) is 3.92. The first kappa shape index (κ1) is 11.9. The van der Waals surface area contributed by atoms with Crippen molar-refractivity contribution in [2.45, 2.75) is 26.2 Å². The minimum Gasteiger partial charge on any atom is -0.319 e. The average molecular weight is 220 g/mol. The minimum absolute atomic E-state index is 0.170. The lowest BCUT2D eigenvalue weighted by Crippen LogP contribution is -2.34. The summed E-state index contributed by atoms with van der Waals surface area (Å²) in [6.45, 7) is 3.25. The Balaban J connectivity index is 2.29. The molecule has 0 aromatic heterocycles. The van der Waals surface area contributed by atoms with Crippen LogP contribution in [0, 0.1) is 5.41 Å². The summed E-state index contributed by atoms with van der Waals surface area (Å²) < 4.78 is 25.5. The van der Waals surface area contributed by atoms with Crippen LogP contribution in [0.25, 0.3) is 0 Å². The molecule has 5 heteroatoms. The fourth-order valence-corrected chi connectivity index (χ4v) is 2.55. The van der Waals surface area contributed by atoms with E-state index in [0.29, 0.717) is 13.1 Å². The van der Waals surface area contributed by atoms with Crippen molar-refractivity contribution < 1.29 is 8.42 Å². The molecule has 0 amide bonds. The van der Waals surface area contributed by atoms with Crippen molar-refractivity contribution in [3.8, 4) is 0 Å². The molecule has 1 fully saturated rings. The van der Waals surface area contributed by atoms with Gasteiger partial charge in [0, 0.05) is 13.1 Å². The molecular weight excluding hydrogens is 200 g/mol. The molecule has 0 bridgehead atoms. The average Bonchev–Trinajstić information content (AvgIpc) is 2.93. The van der Waals surface area contributed by atoms with Crippen molar-refractivity contribution in [3.63, 3.8) is 0 Å². The molecular formula is C9H20N2O2S. The normalized spacial score (nSPS) is 19.6. The van der Waals surface area contributed by atoms with Gasteiger partial charge in [-0.15, -0.1) is 0 Å². The van der Waals surface area contributed by atoms with Crippen LogP contribution in [-0.4, -0.2) is 34.3 Å². The van der Waals surface area contributed by atoms with E-state index < -0.39 is 10.0 Å². The molecule has 2 N–H and O–H groups in total. The van der Waals surface area contributed by atoms with Gasteiger partial charge >= 0.3 is 0 Å². The van der Waals surface area contributed by atoms with Gasteiger partial charge in [0.05, 0.1) is 5.75 Å². The topological polar surface area (TPSA) is 58.2 Å². The first-order valence-corrected chi connectivity index (χ1v) is 6.81. The second-order valence-electron chi connectivity index (χ2n) is 4.10. The predicted molar refractivity (Wildman–Crippen MR) is 57.7 cm³/mol. The van der Waals surface area contributed by atoms with Crippen molar-refractivity contribution in [3.05, 3.63) is 0 Å². The predicted octanol–water partition coefficient (Wildman–Crippen LogP) is 0.315. The zero-order valence-corrected chi connectivity index (χ0v) is 9.78. The quantitative estimate of drug-likeness (QED) is 0.649. The zero-order chi connectivity index (χ0) is 10.7. The molecule has 1 rings (SSSR count). The van der Waals surface area contributed by atoms with Gasteiger partial charge in [-0.2, -0.15) is 0 Å². The van der Waals surface area contributed by atoms with E-state index >= 15 is 0 Å². The number of nitrogens with one attached hydrogen (secondary N) is 2. The highest BCUT2D eigenvalue weighted by Gasteiger charge is 2.40. The van der Waals surface area contributed by atoms with Crippen molar-refractivity contribution in [2.75, 3.05) is 25.9 Å². The Hall–Kier alpha value is -0.130.